The van der Waals surface area contributed by atoms with Crippen LogP contribution in [0.5, 0.6) is 5.75 Å². The van der Waals surface area contributed by atoms with Crippen LogP contribution >= 0.6 is 22.9 Å². The normalized spacial score (nSPS) is 10.1. The Morgan fingerprint density at radius 1 is 1.31 bits per heavy atom. The Kier molecular flexibility index (Phi) is 3.27. The fourth-order valence-corrected chi connectivity index (χ4v) is 2.67. The molecule has 82 valence electrons. The van der Waals surface area contributed by atoms with Crippen LogP contribution in [0.2, 0.25) is 5.02 Å². The van der Waals surface area contributed by atoms with Crippen LogP contribution < -0.4 is 4.74 Å². The first-order valence-electron chi connectivity index (χ1n) is 4.64. The van der Waals surface area contributed by atoms with Crippen LogP contribution in [-0.2, 0) is 0 Å². The van der Waals surface area contributed by atoms with Crippen molar-refractivity contribution in [3.8, 4) is 16.2 Å². The first kappa shape index (κ1) is 11.2. The van der Waals surface area contributed by atoms with E-state index in [0.717, 1.165) is 16.7 Å². The number of thiophene rings is 1. The van der Waals surface area contributed by atoms with Gasteiger partial charge in [0.15, 0.2) is 6.29 Å². The molecule has 2 aromatic rings. The summed E-state index contributed by atoms with van der Waals surface area (Å²) >= 11 is 7.53. The van der Waals surface area contributed by atoms with Gasteiger partial charge in [-0.2, -0.15) is 0 Å². The fourth-order valence-electron chi connectivity index (χ4n) is 1.46. The van der Waals surface area contributed by atoms with Crippen LogP contribution in [0, 0.1) is 0 Å². The number of rotatable bonds is 3. The molecule has 0 N–H and O–H groups in total. The lowest BCUT2D eigenvalue weighted by Crippen LogP contribution is -1.86. The van der Waals surface area contributed by atoms with Gasteiger partial charge in [-0.15, -0.1) is 11.3 Å². The van der Waals surface area contributed by atoms with E-state index in [0.29, 0.717) is 15.6 Å². The lowest BCUT2D eigenvalue weighted by Gasteiger charge is -2.07. The van der Waals surface area contributed by atoms with Gasteiger partial charge in [-0.05, 0) is 24.3 Å². The molecule has 0 aliphatic rings. The van der Waals surface area contributed by atoms with Crippen LogP contribution in [0.4, 0.5) is 0 Å². The van der Waals surface area contributed by atoms with E-state index in [1.807, 2.05) is 18.2 Å². The summed E-state index contributed by atoms with van der Waals surface area (Å²) in [4.78, 5) is 12.2. The number of carbonyl (C=O) groups is 1. The lowest BCUT2D eigenvalue weighted by atomic mass is 10.1. The minimum absolute atomic E-state index is 0.624. The van der Waals surface area contributed by atoms with Crippen molar-refractivity contribution in [1.82, 2.24) is 0 Å². The van der Waals surface area contributed by atoms with Gasteiger partial charge >= 0.3 is 0 Å². The van der Waals surface area contributed by atoms with Gasteiger partial charge in [-0.3, -0.25) is 4.79 Å². The van der Waals surface area contributed by atoms with E-state index in [1.54, 1.807) is 19.2 Å². The third kappa shape index (κ3) is 1.96. The Balaban J connectivity index is 2.57. The summed E-state index contributed by atoms with van der Waals surface area (Å²) in [6.45, 7) is 0. The highest BCUT2D eigenvalue weighted by atomic mass is 35.5. The Bertz CT molecular complexity index is 519. The summed E-state index contributed by atoms with van der Waals surface area (Å²) in [5.74, 6) is 0.715. The van der Waals surface area contributed by atoms with Crippen molar-refractivity contribution in [2.75, 3.05) is 7.11 Å². The number of carbonyl (C=O) groups excluding carboxylic acids is 1. The van der Waals surface area contributed by atoms with Crippen LogP contribution in [-0.4, -0.2) is 13.4 Å². The van der Waals surface area contributed by atoms with Gasteiger partial charge in [0.25, 0.3) is 0 Å². The predicted molar refractivity (Wildman–Crippen MR) is 66.7 cm³/mol. The zero-order chi connectivity index (χ0) is 11.5. The van der Waals surface area contributed by atoms with Crippen molar-refractivity contribution in [2.45, 2.75) is 0 Å². The van der Waals surface area contributed by atoms with Crippen LogP contribution in [0.3, 0.4) is 0 Å². The van der Waals surface area contributed by atoms with Crippen molar-refractivity contribution in [3.63, 3.8) is 0 Å². The van der Waals surface area contributed by atoms with Gasteiger partial charge in [0.05, 0.1) is 22.6 Å². The quantitative estimate of drug-likeness (QED) is 0.775. The Morgan fingerprint density at radius 3 is 2.75 bits per heavy atom. The molecule has 0 aliphatic heterocycles. The van der Waals surface area contributed by atoms with Gasteiger partial charge in [0.2, 0.25) is 0 Å². The second kappa shape index (κ2) is 4.68. The SMILES string of the molecule is COc1cccc(Cl)c1-c1ccc(C=O)s1. The molecule has 1 aromatic carbocycles. The molecular formula is C12H9ClO2S. The highest BCUT2D eigenvalue weighted by Gasteiger charge is 2.12. The van der Waals surface area contributed by atoms with Crippen LogP contribution in [0.25, 0.3) is 10.4 Å². The highest BCUT2D eigenvalue weighted by molar-refractivity contribution is 7.17. The van der Waals surface area contributed by atoms with E-state index < -0.39 is 0 Å². The Labute approximate surface area is 102 Å². The number of halogens is 1. The standard InChI is InChI=1S/C12H9ClO2S/c1-15-10-4-2-3-9(13)12(10)11-6-5-8(7-14)16-11/h2-7H,1H3. The fraction of sp³-hybridized carbons (Fsp3) is 0.0833. The summed E-state index contributed by atoms with van der Waals surface area (Å²) in [6, 6.07) is 9.13. The molecule has 0 radical (unpaired) electrons. The van der Waals surface area contributed by atoms with Gasteiger partial charge in [-0.1, -0.05) is 17.7 Å². The molecule has 0 spiro atoms. The number of methoxy groups -OCH3 is 1. The summed E-state index contributed by atoms with van der Waals surface area (Å²) in [6.07, 6.45) is 0.831. The largest absolute Gasteiger partial charge is 0.496 e. The molecule has 0 saturated carbocycles. The van der Waals surface area contributed by atoms with Crippen molar-refractivity contribution >= 4 is 29.2 Å². The number of ether oxygens (including phenoxy) is 1. The van der Waals surface area contributed by atoms with Crippen molar-refractivity contribution in [3.05, 3.63) is 40.2 Å². The monoisotopic (exact) mass is 252 g/mol. The molecule has 16 heavy (non-hydrogen) atoms. The number of aldehydes is 1. The molecule has 0 fully saturated rings. The summed E-state index contributed by atoms with van der Waals surface area (Å²) in [5.41, 5.74) is 0.838. The first-order valence-corrected chi connectivity index (χ1v) is 5.83. The third-order valence-electron chi connectivity index (χ3n) is 2.18. The van der Waals surface area contributed by atoms with E-state index in [1.165, 1.54) is 11.3 Å². The molecule has 0 aliphatic carbocycles. The molecule has 2 nitrogen and oxygen atoms in total. The minimum Gasteiger partial charge on any atom is -0.496 e. The van der Waals surface area contributed by atoms with Gasteiger partial charge in [0, 0.05) is 4.88 Å². The lowest BCUT2D eigenvalue weighted by molar-refractivity contribution is 0.112. The third-order valence-corrected chi connectivity index (χ3v) is 3.53. The Hall–Kier alpha value is -1.32. The van der Waals surface area contributed by atoms with Gasteiger partial charge in [0.1, 0.15) is 5.75 Å². The molecule has 0 unspecified atom stereocenters. The summed E-state index contributed by atoms with van der Waals surface area (Å²) in [7, 11) is 1.60. The molecule has 4 heteroatoms. The van der Waals surface area contributed by atoms with E-state index in [-0.39, 0.29) is 0 Å². The van der Waals surface area contributed by atoms with Gasteiger partial charge < -0.3 is 4.74 Å². The Morgan fingerprint density at radius 2 is 2.12 bits per heavy atom. The van der Waals surface area contributed by atoms with E-state index in [2.05, 4.69) is 0 Å². The molecule has 1 aromatic heterocycles. The number of hydrogen-bond acceptors (Lipinski definition) is 3. The summed E-state index contributed by atoms with van der Waals surface area (Å²) in [5, 5.41) is 0.624. The van der Waals surface area contributed by atoms with Crippen LogP contribution in [0.1, 0.15) is 9.67 Å². The predicted octanol–water partition coefficient (Wildman–Crippen LogP) is 3.89. The van der Waals surface area contributed by atoms with Crippen molar-refractivity contribution in [1.29, 1.82) is 0 Å². The molecule has 1 heterocycles. The minimum atomic E-state index is 0.624. The molecule has 0 saturated heterocycles. The highest BCUT2D eigenvalue weighted by Crippen LogP contribution is 2.39. The maximum atomic E-state index is 10.6. The molecule has 0 amide bonds. The maximum Gasteiger partial charge on any atom is 0.160 e. The van der Waals surface area contributed by atoms with Crippen molar-refractivity contribution < 1.29 is 9.53 Å². The van der Waals surface area contributed by atoms with Crippen molar-refractivity contribution in [2.24, 2.45) is 0 Å². The molecular weight excluding hydrogens is 244 g/mol. The maximum absolute atomic E-state index is 10.6. The van der Waals surface area contributed by atoms with E-state index in [4.69, 9.17) is 16.3 Å². The second-order valence-electron chi connectivity index (χ2n) is 3.14. The molecule has 0 bridgehead atoms. The average Bonchev–Trinajstić information content (AvgIpc) is 2.76. The number of hydrogen-bond donors (Lipinski definition) is 0. The topological polar surface area (TPSA) is 26.3 Å². The first-order chi connectivity index (χ1) is 7.76. The van der Waals surface area contributed by atoms with E-state index >= 15 is 0 Å². The molecule has 0 atom stereocenters. The average molecular weight is 253 g/mol. The second-order valence-corrected chi connectivity index (χ2v) is 4.66. The summed E-state index contributed by atoms with van der Waals surface area (Å²) < 4.78 is 5.26. The van der Waals surface area contributed by atoms with E-state index in [9.17, 15) is 4.79 Å². The van der Waals surface area contributed by atoms with Gasteiger partial charge in [-0.25, -0.2) is 0 Å². The molecule has 2 rings (SSSR count). The number of benzene rings is 1. The zero-order valence-electron chi connectivity index (χ0n) is 8.57. The zero-order valence-corrected chi connectivity index (χ0v) is 10.1. The smallest absolute Gasteiger partial charge is 0.160 e. The van der Waals surface area contributed by atoms with Crippen LogP contribution in [0.15, 0.2) is 30.3 Å².